The smallest absolute Gasteiger partial charge is 0.217 e. The molecule has 0 fully saturated rings. The first kappa shape index (κ1) is 9.18. The minimum Gasteiger partial charge on any atom is -0.349 e. The molecular weight excluding hydrogens is 224 g/mol. The van der Waals surface area contributed by atoms with Crippen molar-refractivity contribution in [3.05, 3.63) is 10.6 Å². The molecule has 6 heteroatoms. The van der Waals surface area contributed by atoms with Gasteiger partial charge >= 0.3 is 0 Å². The fourth-order valence-electron chi connectivity index (χ4n) is 0.697. The molecule has 66 valence electrons. The van der Waals surface area contributed by atoms with Crippen molar-refractivity contribution in [2.45, 2.75) is 13.5 Å². The summed E-state index contributed by atoms with van der Waals surface area (Å²) in [4.78, 5) is 10.6. The minimum atomic E-state index is -0.0749. The van der Waals surface area contributed by atoms with Gasteiger partial charge in [-0.1, -0.05) is 0 Å². The lowest BCUT2D eigenvalue weighted by atomic mass is 10.5. The number of rotatable bonds is 2. The topological polar surface area (TPSA) is 59.8 Å². The number of hydrogen-bond acceptors (Lipinski definition) is 3. The molecule has 5 nitrogen and oxygen atoms in total. The van der Waals surface area contributed by atoms with Gasteiger partial charge in [0.15, 0.2) is 10.6 Å². The second kappa shape index (κ2) is 3.66. The van der Waals surface area contributed by atoms with E-state index in [1.807, 2.05) is 7.05 Å². The Morgan fingerprint density at radius 2 is 2.33 bits per heavy atom. The Bertz CT molecular complexity index is 296. The molecule has 1 aromatic heterocycles. The summed E-state index contributed by atoms with van der Waals surface area (Å²) in [6.45, 7) is 1.87. The highest BCUT2D eigenvalue weighted by Gasteiger charge is 2.04. The Morgan fingerprint density at radius 3 is 2.75 bits per heavy atom. The fourth-order valence-corrected chi connectivity index (χ4v) is 0.981. The standard InChI is InChI=1S/C6H9BrN4O/c1-4(12)8-3-5-9-10-6(7)11(5)2/h3H2,1-2H3,(H,8,12). The van der Waals surface area contributed by atoms with Crippen molar-refractivity contribution in [2.75, 3.05) is 0 Å². The zero-order chi connectivity index (χ0) is 9.14. The van der Waals surface area contributed by atoms with Crippen LogP contribution in [-0.2, 0) is 18.4 Å². The third kappa shape index (κ3) is 2.04. The number of carbonyl (C=O) groups excluding carboxylic acids is 1. The molecule has 0 atom stereocenters. The Kier molecular flexibility index (Phi) is 2.80. The Hall–Kier alpha value is -0.910. The van der Waals surface area contributed by atoms with Crippen LogP contribution in [0.5, 0.6) is 0 Å². The molecule has 0 saturated heterocycles. The van der Waals surface area contributed by atoms with Crippen molar-refractivity contribution >= 4 is 21.8 Å². The molecule has 0 aliphatic heterocycles. The highest BCUT2D eigenvalue weighted by molar-refractivity contribution is 9.10. The summed E-state index contributed by atoms with van der Waals surface area (Å²) in [5.74, 6) is 0.645. The van der Waals surface area contributed by atoms with Crippen LogP contribution in [0, 0.1) is 0 Å². The van der Waals surface area contributed by atoms with E-state index in [9.17, 15) is 4.79 Å². The summed E-state index contributed by atoms with van der Waals surface area (Å²) < 4.78 is 2.42. The van der Waals surface area contributed by atoms with E-state index in [1.165, 1.54) is 6.92 Å². The van der Waals surface area contributed by atoms with Crippen LogP contribution in [0.2, 0.25) is 0 Å². The first-order chi connectivity index (χ1) is 5.61. The van der Waals surface area contributed by atoms with Crippen LogP contribution < -0.4 is 5.32 Å². The van der Waals surface area contributed by atoms with Crippen LogP contribution in [0.1, 0.15) is 12.7 Å². The quantitative estimate of drug-likeness (QED) is 0.794. The molecule has 0 aliphatic rings. The number of hydrogen-bond donors (Lipinski definition) is 1. The molecule has 0 bridgehead atoms. The number of nitrogens with one attached hydrogen (secondary N) is 1. The zero-order valence-corrected chi connectivity index (χ0v) is 8.42. The molecule has 1 amide bonds. The van der Waals surface area contributed by atoms with E-state index >= 15 is 0 Å². The molecule has 1 heterocycles. The third-order valence-electron chi connectivity index (χ3n) is 1.41. The summed E-state index contributed by atoms with van der Waals surface area (Å²) in [5.41, 5.74) is 0. The molecular formula is C6H9BrN4O. The Morgan fingerprint density at radius 1 is 1.67 bits per heavy atom. The van der Waals surface area contributed by atoms with Gasteiger partial charge < -0.3 is 9.88 Å². The average molecular weight is 233 g/mol. The predicted molar refractivity (Wildman–Crippen MR) is 46.2 cm³/mol. The van der Waals surface area contributed by atoms with Crippen LogP contribution in [0.3, 0.4) is 0 Å². The lowest BCUT2D eigenvalue weighted by Crippen LogP contribution is -2.21. The number of carbonyl (C=O) groups is 1. The molecule has 1 N–H and O–H groups in total. The van der Waals surface area contributed by atoms with Gasteiger partial charge in [0.2, 0.25) is 5.91 Å². The molecule has 0 unspecified atom stereocenters. The van der Waals surface area contributed by atoms with E-state index in [1.54, 1.807) is 4.57 Å². The van der Waals surface area contributed by atoms with Crippen LogP contribution in [0.25, 0.3) is 0 Å². The van der Waals surface area contributed by atoms with Crippen molar-refractivity contribution in [2.24, 2.45) is 7.05 Å². The summed E-state index contributed by atoms with van der Waals surface area (Å²) in [6.07, 6.45) is 0. The van der Waals surface area contributed by atoms with E-state index in [2.05, 4.69) is 31.4 Å². The number of halogens is 1. The lowest BCUT2D eigenvalue weighted by molar-refractivity contribution is -0.119. The average Bonchev–Trinajstić information content (AvgIpc) is 2.30. The van der Waals surface area contributed by atoms with Crippen LogP contribution >= 0.6 is 15.9 Å². The zero-order valence-electron chi connectivity index (χ0n) is 6.83. The van der Waals surface area contributed by atoms with Gasteiger partial charge in [0.05, 0.1) is 6.54 Å². The van der Waals surface area contributed by atoms with Gasteiger partial charge in [-0.2, -0.15) is 0 Å². The van der Waals surface area contributed by atoms with Crippen molar-refractivity contribution in [1.82, 2.24) is 20.1 Å². The van der Waals surface area contributed by atoms with E-state index in [4.69, 9.17) is 0 Å². The highest BCUT2D eigenvalue weighted by Crippen LogP contribution is 2.05. The number of amides is 1. The van der Waals surface area contributed by atoms with Crippen molar-refractivity contribution in [3.8, 4) is 0 Å². The molecule has 12 heavy (non-hydrogen) atoms. The fraction of sp³-hybridized carbons (Fsp3) is 0.500. The SMILES string of the molecule is CC(=O)NCc1nnc(Br)n1C. The van der Waals surface area contributed by atoms with Crippen LogP contribution in [0.15, 0.2) is 4.73 Å². The second-order valence-corrected chi connectivity index (χ2v) is 3.06. The maximum Gasteiger partial charge on any atom is 0.217 e. The molecule has 0 aliphatic carbocycles. The lowest BCUT2D eigenvalue weighted by Gasteiger charge is -2.00. The monoisotopic (exact) mass is 232 g/mol. The largest absolute Gasteiger partial charge is 0.349 e. The summed E-state index contributed by atoms with van der Waals surface area (Å²) in [5, 5.41) is 10.2. The summed E-state index contributed by atoms with van der Waals surface area (Å²) in [7, 11) is 1.82. The molecule has 0 saturated carbocycles. The van der Waals surface area contributed by atoms with Gasteiger partial charge in [-0.15, -0.1) is 10.2 Å². The predicted octanol–water partition coefficient (Wildman–Crippen LogP) is 0.214. The normalized spacial score (nSPS) is 9.92. The minimum absolute atomic E-state index is 0.0749. The van der Waals surface area contributed by atoms with Crippen molar-refractivity contribution in [1.29, 1.82) is 0 Å². The first-order valence-corrected chi connectivity index (χ1v) is 4.18. The van der Waals surface area contributed by atoms with E-state index in [0.717, 1.165) is 5.82 Å². The molecule has 1 aromatic rings. The maximum absolute atomic E-state index is 10.6. The van der Waals surface area contributed by atoms with E-state index in [-0.39, 0.29) is 5.91 Å². The molecule has 0 radical (unpaired) electrons. The van der Waals surface area contributed by atoms with E-state index in [0.29, 0.717) is 11.3 Å². The second-order valence-electron chi connectivity index (χ2n) is 2.35. The maximum atomic E-state index is 10.6. The van der Waals surface area contributed by atoms with Gasteiger partial charge in [0.1, 0.15) is 0 Å². The van der Waals surface area contributed by atoms with Crippen molar-refractivity contribution in [3.63, 3.8) is 0 Å². The van der Waals surface area contributed by atoms with Crippen molar-refractivity contribution < 1.29 is 4.79 Å². The summed E-state index contributed by atoms with van der Waals surface area (Å²) >= 11 is 3.20. The van der Waals surface area contributed by atoms with Gasteiger partial charge in [-0.25, -0.2) is 0 Å². The Balaban J connectivity index is 2.63. The Labute approximate surface area is 78.3 Å². The van der Waals surface area contributed by atoms with Crippen LogP contribution in [-0.4, -0.2) is 20.7 Å². The van der Waals surface area contributed by atoms with Gasteiger partial charge in [-0.05, 0) is 15.9 Å². The van der Waals surface area contributed by atoms with E-state index < -0.39 is 0 Å². The van der Waals surface area contributed by atoms with Gasteiger partial charge in [-0.3, -0.25) is 4.79 Å². The molecule has 1 rings (SSSR count). The number of aromatic nitrogens is 3. The van der Waals surface area contributed by atoms with Gasteiger partial charge in [0, 0.05) is 14.0 Å². The summed E-state index contributed by atoms with van der Waals surface area (Å²) in [6, 6.07) is 0. The molecule has 0 spiro atoms. The first-order valence-electron chi connectivity index (χ1n) is 3.39. The third-order valence-corrected chi connectivity index (χ3v) is 2.10. The highest BCUT2D eigenvalue weighted by atomic mass is 79.9. The van der Waals surface area contributed by atoms with Gasteiger partial charge in [0.25, 0.3) is 0 Å². The molecule has 0 aromatic carbocycles. The number of nitrogens with zero attached hydrogens (tertiary/aromatic N) is 3. The van der Waals surface area contributed by atoms with Crippen LogP contribution in [0.4, 0.5) is 0 Å².